The van der Waals surface area contributed by atoms with Crippen molar-refractivity contribution in [2.45, 2.75) is 51.9 Å². The molecule has 20 heavy (non-hydrogen) atoms. The Balaban J connectivity index is 2.54. The Bertz CT molecular complexity index is 423. The van der Waals surface area contributed by atoms with Crippen molar-refractivity contribution in [2.75, 3.05) is 20.6 Å². The summed E-state index contributed by atoms with van der Waals surface area (Å²) in [6, 6.07) is 8.48. The fourth-order valence-electron chi connectivity index (χ4n) is 2.32. The predicted molar refractivity (Wildman–Crippen MR) is 86.4 cm³/mol. The first kappa shape index (κ1) is 16.9. The standard InChI is InChI=1S/C18H29NO/c1-14(2)16-9-8-10-17(13-16)15(3)18(20)11-6-7-12-19(4)5/h8-10,13-15H,6-7,11-12H2,1-5H3/t15-/m1/s1. The average molecular weight is 275 g/mol. The molecule has 2 heteroatoms. The van der Waals surface area contributed by atoms with Crippen molar-refractivity contribution in [3.05, 3.63) is 35.4 Å². The zero-order chi connectivity index (χ0) is 15.1. The molecule has 2 nitrogen and oxygen atoms in total. The minimum atomic E-state index is 0.0213. The molecule has 1 aromatic rings. The summed E-state index contributed by atoms with van der Waals surface area (Å²) < 4.78 is 0. The highest BCUT2D eigenvalue weighted by molar-refractivity contribution is 5.85. The first-order valence-corrected chi connectivity index (χ1v) is 7.69. The summed E-state index contributed by atoms with van der Waals surface area (Å²) >= 11 is 0. The Morgan fingerprint density at radius 2 is 1.75 bits per heavy atom. The van der Waals surface area contributed by atoms with Gasteiger partial charge in [-0.15, -0.1) is 0 Å². The van der Waals surface area contributed by atoms with Crippen LogP contribution in [0.1, 0.15) is 63.0 Å². The van der Waals surface area contributed by atoms with Crippen LogP contribution >= 0.6 is 0 Å². The van der Waals surface area contributed by atoms with Crippen LogP contribution in [0.2, 0.25) is 0 Å². The fourth-order valence-corrected chi connectivity index (χ4v) is 2.32. The molecule has 0 bridgehead atoms. The summed E-state index contributed by atoms with van der Waals surface area (Å²) in [5.41, 5.74) is 2.48. The number of benzene rings is 1. The van der Waals surface area contributed by atoms with Crippen LogP contribution < -0.4 is 0 Å². The van der Waals surface area contributed by atoms with Crippen LogP contribution in [0.15, 0.2) is 24.3 Å². The number of rotatable bonds is 8. The monoisotopic (exact) mass is 275 g/mol. The summed E-state index contributed by atoms with van der Waals surface area (Å²) in [5.74, 6) is 0.898. The van der Waals surface area contributed by atoms with Crippen LogP contribution in [0.5, 0.6) is 0 Å². The molecule has 0 heterocycles. The maximum atomic E-state index is 12.3. The molecule has 0 fully saturated rings. The van der Waals surface area contributed by atoms with E-state index in [1.165, 1.54) is 5.56 Å². The SMILES string of the molecule is CC(C)c1cccc([C@@H](C)C(=O)CCCCN(C)C)c1. The first-order chi connectivity index (χ1) is 9.41. The van der Waals surface area contributed by atoms with Crippen LogP contribution in [0, 0.1) is 0 Å². The van der Waals surface area contributed by atoms with Gasteiger partial charge in [-0.05, 0) is 50.5 Å². The van der Waals surface area contributed by atoms with Crippen molar-refractivity contribution in [2.24, 2.45) is 0 Å². The van der Waals surface area contributed by atoms with Crippen molar-refractivity contribution in [3.8, 4) is 0 Å². The number of carbonyl (C=O) groups excluding carboxylic acids is 1. The highest BCUT2D eigenvalue weighted by atomic mass is 16.1. The van der Waals surface area contributed by atoms with Gasteiger partial charge in [0.2, 0.25) is 0 Å². The summed E-state index contributed by atoms with van der Waals surface area (Å²) in [5, 5.41) is 0. The Morgan fingerprint density at radius 1 is 1.10 bits per heavy atom. The number of ketones is 1. The smallest absolute Gasteiger partial charge is 0.140 e. The molecule has 0 saturated heterocycles. The molecule has 1 atom stereocenters. The van der Waals surface area contributed by atoms with E-state index in [-0.39, 0.29) is 5.92 Å². The van der Waals surface area contributed by atoms with Gasteiger partial charge in [-0.2, -0.15) is 0 Å². The number of unbranched alkanes of at least 4 members (excludes halogenated alkanes) is 1. The van der Waals surface area contributed by atoms with Crippen molar-refractivity contribution < 1.29 is 4.79 Å². The molecular formula is C18H29NO. The van der Waals surface area contributed by atoms with Crippen LogP contribution in [0.4, 0.5) is 0 Å². The van der Waals surface area contributed by atoms with Crippen molar-refractivity contribution in [1.29, 1.82) is 0 Å². The van der Waals surface area contributed by atoms with E-state index in [1.807, 2.05) is 6.92 Å². The molecule has 0 amide bonds. The number of nitrogens with zero attached hydrogens (tertiary/aromatic N) is 1. The van der Waals surface area contributed by atoms with E-state index >= 15 is 0 Å². The lowest BCUT2D eigenvalue weighted by Gasteiger charge is -2.14. The van der Waals surface area contributed by atoms with E-state index in [0.717, 1.165) is 24.9 Å². The van der Waals surface area contributed by atoms with E-state index in [1.54, 1.807) is 0 Å². The van der Waals surface area contributed by atoms with Gasteiger partial charge in [0.05, 0.1) is 0 Å². The largest absolute Gasteiger partial charge is 0.309 e. The van der Waals surface area contributed by atoms with Gasteiger partial charge in [-0.3, -0.25) is 4.79 Å². The van der Waals surface area contributed by atoms with Gasteiger partial charge in [0.15, 0.2) is 0 Å². The highest BCUT2D eigenvalue weighted by Crippen LogP contribution is 2.23. The Morgan fingerprint density at radius 3 is 2.35 bits per heavy atom. The molecule has 0 aliphatic carbocycles. The third-order valence-corrected chi connectivity index (χ3v) is 3.84. The number of hydrogen-bond donors (Lipinski definition) is 0. The number of hydrogen-bond acceptors (Lipinski definition) is 2. The third kappa shape index (κ3) is 5.46. The van der Waals surface area contributed by atoms with E-state index in [2.05, 4.69) is 57.1 Å². The second kappa shape index (κ2) is 8.21. The van der Waals surface area contributed by atoms with Crippen LogP contribution in [-0.2, 0) is 4.79 Å². The summed E-state index contributed by atoms with van der Waals surface area (Å²) in [7, 11) is 4.14. The molecule has 0 aromatic heterocycles. The van der Waals surface area contributed by atoms with E-state index < -0.39 is 0 Å². The molecule has 0 spiro atoms. The third-order valence-electron chi connectivity index (χ3n) is 3.84. The second-order valence-electron chi connectivity index (χ2n) is 6.27. The Kier molecular flexibility index (Phi) is 6.94. The second-order valence-corrected chi connectivity index (χ2v) is 6.27. The maximum Gasteiger partial charge on any atom is 0.140 e. The molecular weight excluding hydrogens is 246 g/mol. The topological polar surface area (TPSA) is 20.3 Å². The Hall–Kier alpha value is -1.15. The van der Waals surface area contributed by atoms with E-state index in [0.29, 0.717) is 18.1 Å². The van der Waals surface area contributed by atoms with Crippen LogP contribution in [-0.4, -0.2) is 31.3 Å². The van der Waals surface area contributed by atoms with Crippen molar-refractivity contribution in [1.82, 2.24) is 4.90 Å². The van der Waals surface area contributed by atoms with Gasteiger partial charge in [0.25, 0.3) is 0 Å². The minimum Gasteiger partial charge on any atom is -0.309 e. The molecule has 0 aliphatic rings. The van der Waals surface area contributed by atoms with Crippen LogP contribution in [0.3, 0.4) is 0 Å². The van der Waals surface area contributed by atoms with Gasteiger partial charge in [-0.25, -0.2) is 0 Å². The van der Waals surface area contributed by atoms with Crippen molar-refractivity contribution >= 4 is 5.78 Å². The summed E-state index contributed by atoms with van der Waals surface area (Å²) in [6.45, 7) is 7.47. The average Bonchev–Trinajstić information content (AvgIpc) is 2.42. The number of Topliss-reactive ketones (excluding diaryl/α,β-unsaturated/α-hetero) is 1. The van der Waals surface area contributed by atoms with Crippen LogP contribution in [0.25, 0.3) is 0 Å². The van der Waals surface area contributed by atoms with E-state index in [9.17, 15) is 4.79 Å². The lowest BCUT2D eigenvalue weighted by atomic mass is 9.90. The minimum absolute atomic E-state index is 0.0213. The Labute approximate surface area is 124 Å². The van der Waals surface area contributed by atoms with Gasteiger partial charge >= 0.3 is 0 Å². The molecule has 1 aromatic carbocycles. The molecule has 0 unspecified atom stereocenters. The molecule has 0 radical (unpaired) electrons. The molecule has 0 N–H and O–H groups in total. The normalized spacial score (nSPS) is 12.9. The van der Waals surface area contributed by atoms with Gasteiger partial charge in [0, 0.05) is 12.3 Å². The summed E-state index contributed by atoms with van der Waals surface area (Å²) in [6.07, 6.45) is 2.78. The molecule has 0 aliphatic heterocycles. The molecule has 0 saturated carbocycles. The number of carbonyl (C=O) groups is 1. The predicted octanol–water partition coefficient (Wildman–Crippen LogP) is 4.21. The highest BCUT2D eigenvalue weighted by Gasteiger charge is 2.15. The maximum absolute atomic E-state index is 12.3. The summed E-state index contributed by atoms with van der Waals surface area (Å²) in [4.78, 5) is 14.4. The lowest BCUT2D eigenvalue weighted by Crippen LogP contribution is -2.14. The van der Waals surface area contributed by atoms with E-state index in [4.69, 9.17) is 0 Å². The molecule has 1 rings (SSSR count). The molecule has 112 valence electrons. The zero-order valence-electron chi connectivity index (χ0n) is 13.6. The quantitative estimate of drug-likeness (QED) is 0.662. The van der Waals surface area contributed by atoms with Crippen molar-refractivity contribution in [3.63, 3.8) is 0 Å². The van der Waals surface area contributed by atoms with Gasteiger partial charge in [-0.1, -0.05) is 45.0 Å². The van der Waals surface area contributed by atoms with Gasteiger partial charge in [0.1, 0.15) is 5.78 Å². The lowest BCUT2D eigenvalue weighted by molar-refractivity contribution is -0.120. The first-order valence-electron chi connectivity index (χ1n) is 7.69. The fraction of sp³-hybridized carbons (Fsp3) is 0.611. The zero-order valence-corrected chi connectivity index (χ0v) is 13.6. The van der Waals surface area contributed by atoms with Gasteiger partial charge < -0.3 is 4.90 Å².